The Labute approximate surface area is 141 Å². The minimum absolute atomic E-state index is 0.0427. The summed E-state index contributed by atoms with van der Waals surface area (Å²) in [5.74, 6) is 0. The first-order valence-corrected chi connectivity index (χ1v) is 8.31. The molecule has 5 heteroatoms. The highest BCUT2D eigenvalue weighted by molar-refractivity contribution is 5.68. The molecule has 1 aromatic heterocycles. The van der Waals surface area contributed by atoms with Gasteiger partial charge >= 0.3 is 6.09 Å². The number of carbonyl (C=O) groups is 1. The van der Waals surface area contributed by atoms with E-state index in [1.54, 1.807) is 17.2 Å². The molecule has 1 saturated heterocycles. The second kappa shape index (κ2) is 7.34. The van der Waals surface area contributed by atoms with Crippen LogP contribution in [0.5, 0.6) is 0 Å². The number of H-pyrrole nitrogens is 1. The Bertz CT molecular complexity index is 755. The molecule has 0 spiro atoms. The van der Waals surface area contributed by atoms with Crippen LogP contribution in [0.25, 0.3) is 0 Å². The maximum absolute atomic E-state index is 12.6. The predicted octanol–water partition coefficient (Wildman–Crippen LogP) is 3.55. The van der Waals surface area contributed by atoms with Crippen molar-refractivity contribution >= 4 is 6.09 Å². The summed E-state index contributed by atoms with van der Waals surface area (Å²) < 4.78 is 5.50. The number of rotatable bonds is 3. The Morgan fingerprint density at radius 3 is 2.83 bits per heavy atom. The molecule has 0 bridgehead atoms. The van der Waals surface area contributed by atoms with Gasteiger partial charge in [0.15, 0.2) is 0 Å². The van der Waals surface area contributed by atoms with Crippen LogP contribution in [0.1, 0.15) is 42.0 Å². The van der Waals surface area contributed by atoms with Crippen LogP contribution in [0.2, 0.25) is 0 Å². The molecule has 1 aromatic carbocycles. The lowest BCUT2D eigenvalue weighted by Gasteiger charge is -2.35. The first kappa shape index (κ1) is 16.3. The Morgan fingerprint density at radius 2 is 2.08 bits per heavy atom. The normalized spacial score (nSPS) is 17.5. The lowest BCUT2D eigenvalue weighted by molar-refractivity contribution is 0.0677. The smallest absolute Gasteiger partial charge is 0.410 e. The van der Waals surface area contributed by atoms with Crippen molar-refractivity contribution in [3.63, 3.8) is 0 Å². The molecule has 0 saturated carbocycles. The molecule has 0 aliphatic carbocycles. The Kier molecular flexibility index (Phi) is 4.99. The monoisotopic (exact) mass is 326 g/mol. The molecule has 126 valence electrons. The van der Waals surface area contributed by atoms with Crippen LogP contribution < -0.4 is 5.56 Å². The summed E-state index contributed by atoms with van der Waals surface area (Å²) in [6.45, 7) is 2.86. The number of aromatic nitrogens is 1. The maximum atomic E-state index is 12.6. The second-order valence-corrected chi connectivity index (χ2v) is 6.18. The number of pyridine rings is 1. The number of nitrogens with zero attached hydrogens (tertiary/aromatic N) is 1. The van der Waals surface area contributed by atoms with E-state index in [0.717, 1.165) is 36.0 Å². The number of hydrogen-bond donors (Lipinski definition) is 1. The van der Waals surface area contributed by atoms with Gasteiger partial charge in [-0.05, 0) is 42.9 Å². The third-order valence-corrected chi connectivity index (χ3v) is 4.47. The fraction of sp³-hybridized carbons (Fsp3) is 0.368. The zero-order valence-electron chi connectivity index (χ0n) is 13.8. The molecule has 5 nitrogen and oxygen atoms in total. The third-order valence-electron chi connectivity index (χ3n) is 4.47. The molecule has 2 heterocycles. The zero-order valence-corrected chi connectivity index (χ0v) is 13.8. The lowest BCUT2D eigenvalue weighted by Crippen LogP contribution is -2.39. The highest BCUT2D eigenvalue weighted by Gasteiger charge is 2.30. The number of amides is 1. The number of ether oxygens (including phenoxy) is 1. The van der Waals surface area contributed by atoms with Gasteiger partial charge in [0, 0.05) is 18.8 Å². The predicted molar refractivity (Wildman–Crippen MR) is 91.7 cm³/mol. The Morgan fingerprint density at radius 1 is 1.29 bits per heavy atom. The second-order valence-electron chi connectivity index (χ2n) is 6.18. The molecule has 2 aromatic rings. The van der Waals surface area contributed by atoms with Crippen LogP contribution in [0, 0.1) is 6.92 Å². The fourth-order valence-corrected chi connectivity index (χ4v) is 3.22. The molecule has 1 fully saturated rings. The van der Waals surface area contributed by atoms with Crippen molar-refractivity contribution in [1.82, 2.24) is 9.88 Å². The van der Waals surface area contributed by atoms with Gasteiger partial charge in [-0.15, -0.1) is 0 Å². The number of aryl methyl sites for hydroxylation is 1. The molecule has 0 unspecified atom stereocenters. The van der Waals surface area contributed by atoms with Gasteiger partial charge in [-0.2, -0.15) is 0 Å². The van der Waals surface area contributed by atoms with Gasteiger partial charge in [-0.3, -0.25) is 4.79 Å². The van der Waals surface area contributed by atoms with E-state index in [9.17, 15) is 9.59 Å². The number of likely N-dealkylation sites (tertiary alicyclic amines) is 1. The van der Waals surface area contributed by atoms with Gasteiger partial charge in [0.05, 0.1) is 6.04 Å². The first-order chi connectivity index (χ1) is 11.6. The molecule has 1 atom stereocenters. The van der Waals surface area contributed by atoms with E-state index in [1.807, 2.05) is 37.3 Å². The summed E-state index contributed by atoms with van der Waals surface area (Å²) in [4.78, 5) is 28.5. The van der Waals surface area contributed by atoms with Crippen LogP contribution in [0.15, 0.2) is 47.4 Å². The van der Waals surface area contributed by atoms with Crippen molar-refractivity contribution in [3.05, 3.63) is 69.6 Å². The van der Waals surface area contributed by atoms with E-state index in [1.165, 1.54) is 0 Å². The quantitative estimate of drug-likeness (QED) is 0.938. The topological polar surface area (TPSA) is 62.4 Å². The molecular formula is C19H22N2O3. The van der Waals surface area contributed by atoms with E-state index in [0.29, 0.717) is 6.54 Å². The van der Waals surface area contributed by atoms with Crippen molar-refractivity contribution in [2.24, 2.45) is 0 Å². The summed E-state index contributed by atoms with van der Waals surface area (Å²) in [6, 6.07) is 11.2. The molecule has 1 aliphatic heterocycles. The average molecular weight is 326 g/mol. The number of hydrogen-bond acceptors (Lipinski definition) is 3. The number of benzene rings is 1. The summed E-state index contributed by atoms with van der Waals surface area (Å²) in [5.41, 5.74) is 2.75. The minimum Gasteiger partial charge on any atom is -0.445 e. The van der Waals surface area contributed by atoms with Gasteiger partial charge in [-0.25, -0.2) is 4.79 Å². The highest BCUT2D eigenvalue weighted by atomic mass is 16.6. The molecule has 3 rings (SSSR count). The van der Waals surface area contributed by atoms with Crippen molar-refractivity contribution in [2.45, 2.75) is 38.8 Å². The van der Waals surface area contributed by atoms with Crippen LogP contribution in [0.3, 0.4) is 0 Å². The molecule has 1 amide bonds. The van der Waals surface area contributed by atoms with Crippen LogP contribution in [-0.4, -0.2) is 22.5 Å². The van der Waals surface area contributed by atoms with E-state index < -0.39 is 0 Å². The minimum atomic E-state index is -0.297. The third kappa shape index (κ3) is 3.67. The lowest BCUT2D eigenvalue weighted by atomic mass is 9.94. The van der Waals surface area contributed by atoms with Crippen LogP contribution >= 0.6 is 0 Å². The van der Waals surface area contributed by atoms with Crippen LogP contribution in [-0.2, 0) is 11.3 Å². The molecule has 1 aliphatic rings. The largest absolute Gasteiger partial charge is 0.445 e. The van der Waals surface area contributed by atoms with Crippen molar-refractivity contribution in [2.75, 3.05) is 6.54 Å². The molecule has 0 radical (unpaired) electrons. The number of carbonyl (C=O) groups excluding carboxylic acids is 1. The van der Waals surface area contributed by atoms with Gasteiger partial charge in [0.25, 0.3) is 0 Å². The molecular weight excluding hydrogens is 304 g/mol. The van der Waals surface area contributed by atoms with Crippen molar-refractivity contribution < 1.29 is 9.53 Å². The van der Waals surface area contributed by atoms with Crippen molar-refractivity contribution in [1.29, 1.82) is 0 Å². The van der Waals surface area contributed by atoms with E-state index in [4.69, 9.17) is 4.74 Å². The van der Waals surface area contributed by atoms with Gasteiger partial charge < -0.3 is 14.6 Å². The average Bonchev–Trinajstić information content (AvgIpc) is 2.61. The number of aromatic amines is 1. The van der Waals surface area contributed by atoms with E-state index in [-0.39, 0.29) is 24.3 Å². The fourth-order valence-electron chi connectivity index (χ4n) is 3.22. The van der Waals surface area contributed by atoms with Crippen molar-refractivity contribution in [3.8, 4) is 0 Å². The Balaban J connectivity index is 1.74. The van der Waals surface area contributed by atoms with Gasteiger partial charge in [0.1, 0.15) is 6.61 Å². The molecule has 24 heavy (non-hydrogen) atoms. The summed E-state index contributed by atoms with van der Waals surface area (Å²) in [5, 5.41) is 0. The van der Waals surface area contributed by atoms with Gasteiger partial charge in [0.2, 0.25) is 5.56 Å². The summed E-state index contributed by atoms with van der Waals surface area (Å²) in [7, 11) is 0. The zero-order chi connectivity index (χ0) is 16.9. The van der Waals surface area contributed by atoms with E-state index >= 15 is 0 Å². The standard InChI is InChI=1S/C19H22N2O3/c1-14-11-18(22)20-12-16(14)17-9-5-6-10-21(17)19(23)24-13-15-7-3-2-4-8-15/h2-4,7-8,11-12,17H,5-6,9-10,13H2,1H3,(H,20,22)/t17-/m0/s1. The number of nitrogens with one attached hydrogen (secondary N) is 1. The molecule has 1 N–H and O–H groups in total. The van der Waals surface area contributed by atoms with E-state index in [2.05, 4.69) is 4.98 Å². The number of piperidine rings is 1. The Hall–Kier alpha value is -2.56. The first-order valence-electron chi connectivity index (χ1n) is 8.31. The van der Waals surface area contributed by atoms with Crippen LogP contribution in [0.4, 0.5) is 4.79 Å². The summed E-state index contributed by atoms with van der Waals surface area (Å²) in [6.07, 6.45) is 4.35. The summed E-state index contributed by atoms with van der Waals surface area (Å²) >= 11 is 0. The van der Waals surface area contributed by atoms with Gasteiger partial charge in [-0.1, -0.05) is 30.3 Å². The highest BCUT2D eigenvalue weighted by Crippen LogP contribution is 2.32. The maximum Gasteiger partial charge on any atom is 0.410 e. The SMILES string of the molecule is Cc1cc(=O)[nH]cc1[C@@H]1CCCCN1C(=O)OCc1ccccc1.